The number of carbonyl (C=O) groups is 2. The minimum Gasteiger partial charge on any atom is -0.323 e. The van der Waals surface area contributed by atoms with Gasteiger partial charge in [-0.25, -0.2) is 0 Å². The fourth-order valence-corrected chi connectivity index (χ4v) is 3.61. The van der Waals surface area contributed by atoms with Crippen LogP contribution >= 0.6 is 11.8 Å². The third-order valence-electron chi connectivity index (χ3n) is 3.76. The molecule has 112 valence electrons. The maximum absolute atomic E-state index is 12.3. The van der Waals surface area contributed by atoms with Crippen LogP contribution in [0.4, 0.5) is 11.4 Å². The van der Waals surface area contributed by atoms with Crippen molar-refractivity contribution in [3.8, 4) is 0 Å². The Morgan fingerprint density at radius 2 is 2.24 bits per heavy atom. The van der Waals surface area contributed by atoms with Gasteiger partial charge in [-0.1, -0.05) is 12.1 Å². The lowest BCUT2D eigenvalue weighted by atomic mass is 10.2. The van der Waals surface area contributed by atoms with E-state index in [0.29, 0.717) is 6.42 Å². The average Bonchev–Trinajstić information content (AvgIpc) is 2.95. The van der Waals surface area contributed by atoms with Crippen molar-refractivity contribution in [2.45, 2.75) is 18.9 Å². The largest absolute Gasteiger partial charge is 0.323 e. The van der Waals surface area contributed by atoms with Crippen LogP contribution in [-0.4, -0.2) is 42.5 Å². The lowest BCUT2D eigenvalue weighted by molar-refractivity contribution is -0.118. The maximum atomic E-state index is 12.3. The highest BCUT2D eigenvalue weighted by atomic mass is 32.2. The molecule has 2 heterocycles. The molecule has 1 aromatic carbocycles. The third kappa shape index (κ3) is 3.22. The lowest BCUT2D eigenvalue weighted by Gasteiger charge is -2.24. The molecular weight excluding hydrogens is 286 g/mol. The number of amides is 2. The minimum absolute atomic E-state index is 0.0266. The van der Waals surface area contributed by atoms with E-state index >= 15 is 0 Å². The third-order valence-corrected chi connectivity index (χ3v) is 4.83. The number of nitrogens with zero attached hydrogens (tertiary/aromatic N) is 1. The van der Waals surface area contributed by atoms with E-state index in [1.807, 2.05) is 24.3 Å². The summed E-state index contributed by atoms with van der Waals surface area (Å²) in [5, 5.41) is 6.19. The number of rotatable bonds is 3. The molecule has 21 heavy (non-hydrogen) atoms. The molecule has 0 saturated carbocycles. The second-order valence-electron chi connectivity index (χ2n) is 5.24. The fourth-order valence-electron chi connectivity index (χ4n) is 2.67. The van der Waals surface area contributed by atoms with E-state index in [0.717, 1.165) is 42.4 Å². The molecule has 0 radical (unpaired) electrons. The zero-order valence-corrected chi connectivity index (χ0v) is 12.6. The summed E-state index contributed by atoms with van der Waals surface area (Å²) in [5.41, 5.74) is 1.52. The summed E-state index contributed by atoms with van der Waals surface area (Å²) in [6.07, 6.45) is 1.46. The van der Waals surface area contributed by atoms with Crippen molar-refractivity contribution in [1.29, 1.82) is 0 Å². The summed E-state index contributed by atoms with van der Waals surface area (Å²) in [5.74, 6) is 1.93. The molecule has 2 aliphatic rings. The Hall–Kier alpha value is -1.53. The van der Waals surface area contributed by atoms with Crippen LogP contribution in [-0.2, 0) is 9.59 Å². The Morgan fingerprint density at radius 1 is 1.38 bits per heavy atom. The average molecular weight is 305 g/mol. The van der Waals surface area contributed by atoms with E-state index in [2.05, 4.69) is 10.6 Å². The second kappa shape index (κ2) is 6.49. The Morgan fingerprint density at radius 3 is 2.95 bits per heavy atom. The molecule has 2 amide bonds. The smallest absolute Gasteiger partial charge is 0.242 e. The van der Waals surface area contributed by atoms with Crippen molar-refractivity contribution in [3.05, 3.63) is 24.3 Å². The molecule has 2 saturated heterocycles. The minimum atomic E-state index is -0.161. The topological polar surface area (TPSA) is 61.4 Å². The molecule has 2 N–H and O–H groups in total. The van der Waals surface area contributed by atoms with E-state index in [1.165, 1.54) is 0 Å². The summed E-state index contributed by atoms with van der Waals surface area (Å²) in [7, 11) is 0. The number of hydrogen-bond donors (Lipinski definition) is 2. The highest BCUT2D eigenvalue weighted by Gasteiger charge is 2.26. The van der Waals surface area contributed by atoms with Gasteiger partial charge in [-0.3, -0.25) is 9.59 Å². The molecule has 6 heteroatoms. The van der Waals surface area contributed by atoms with Crippen molar-refractivity contribution in [2.75, 3.05) is 34.8 Å². The summed E-state index contributed by atoms with van der Waals surface area (Å²) in [6, 6.07) is 7.36. The van der Waals surface area contributed by atoms with E-state index in [-0.39, 0.29) is 17.9 Å². The number of benzene rings is 1. The van der Waals surface area contributed by atoms with Crippen LogP contribution in [0.3, 0.4) is 0 Å². The first-order valence-electron chi connectivity index (χ1n) is 7.27. The number of carbonyl (C=O) groups excluding carboxylic acids is 2. The number of nitrogens with one attached hydrogen (secondary N) is 2. The van der Waals surface area contributed by atoms with E-state index in [1.54, 1.807) is 16.7 Å². The van der Waals surface area contributed by atoms with E-state index in [4.69, 9.17) is 0 Å². The van der Waals surface area contributed by atoms with Gasteiger partial charge in [0.15, 0.2) is 0 Å². The van der Waals surface area contributed by atoms with Gasteiger partial charge in [0.05, 0.1) is 17.4 Å². The van der Waals surface area contributed by atoms with Crippen molar-refractivity contribution in [1.82, 2.24) is 5.32 Å². The van der Waals surface area contributed by atoms with Crippen molar-refractivity contribution >= 4 is 35.0 Å². The van der Waals surface area contributed by atoms with Gasteiger partial charge in [0, 0.05) is 31.0 Å². The monoisotopic (exact) mass is 305 g/mol. The molecule has 1 atom stereocenters. The van der Waals surface area contributed by atoms with E-state index < -0.39 is 0 Å². The molecule has 0 aromatic heterocycles. The second-order valence-corrected chi connectivity index (χ2v) is 6.39. The van der Waals surface area contributed by atoms with Crippen LogP contribution in [0.15, 0.2) is 24.3 Å². The molecule has 2 fully saturated rings. The quantitative estimate of drug-likeness (QED) is 0.887. The fraction of sp³-hybridized carbons (Fsp3) is 0.467. The van der Waals surface area contributed by atoms with Gasteiger partial charge in [0.2, 0.25) is 11.8 Å². The van der Waals surface area contributed by atoms with Crippen LogP contribution in [0.5, 0.6) is 0 Å². The molecule has 2 aliphatic heterocycles. The number of para-hydroxylation sites is 2. The summed E-state index contributed by atoms with van der Waals surface area (Å²) in [6.45, 7) is 1.58. The predicted octanol–water partition coefficient (Wildman–Crippen LogP) is 1.46. The predicted molar refractivity (Wildman–Crippen MR) is 85.8 cm³/mol. The highest BCUT2D eigenvalue weighted by molar-refractivity contribution is 7.99. The number of anilines is 2. The first-order chi connectivity index (χ1) is 10.3. The summed E-state index contributed by atoms with van der Waals surface area (Å²) < 4.78 is 0. The van der Waals surface area contributed by atoms with Gasteiger partial charge in [-0.2, -0.15) is 11.8 Å². The zero-order chi connectivity index (χ0) is 14.7. The standard InChI is InChI=1S/C15H19N3O2S/c19-14-6-3-8-18(14)13-5-2-1-4-11(13)17-15(20)12-10-21-9-7-16-12/h1-2,4-5,12,16H,3,6-10H2,(H,17,20). The Bertz CT molecular complexity index is 543. The Kier molecular flexibility index (Phi) is 4.45. The first-order valence-corrected chi connectivity index (χ1v) is 8.42. The SMILES string of the molecule is O=C(Nc1ccccc1N1CCCC1=O)C1CSCCN1. The van der Waals surface area contributed by atoms with Gasteiger partial charge < -0.3 is 15.5 Å². The molecular formula is C15H19N3O2S. The summed E-state index contributed by atoms with van der Waals surface area (Å²) in [4.78, 5) is 26.0. The van der Waals surface area contributed by atoms with Crippen LogP contribution in [0, 0.1) is 0 Å². The molecule has 0 spiro atoms. The van der Waals surface area contributed by atoms with Crippen LogP contribution in [0.2, 0.25) is 0 Å². The maximum Gasteiger partial charge on any atom is 0.242 e. The van der Waals surface area contributed by atoms with Gasteiger partial charge in [0.25, 0.3) is 0 Å². The molecule has 3 rings (SSSR count). The summed E-state index contributed by atoms with van der Waals surface area (Å²) >= 11 is 1.78. The first kappa shape index (κ1) is 14.4. The highest BCUT2D eigenvalue weighted by Crippen LogP contribution is 2.29. The van der Waals surface area contributed by atoms with Crippen LogP contribution < -0.4 is 15.5 Å². The molecule has 0 aliphatic carbocycles. The Labute approximate surface area is 128 Å². The molecule has 5 nitrogen and oxygen atoms in total. The van der Waals surface area contributed by atoms with Crippen molar-refractivity contribution in [3.63, 3.8) is 0 Å². The normalized spacial score (nSPS) is 22.4. The van der Waals surface area contributed by atoms with Crippen LogP contribution in [0.1, 0.15) is 12.8 Å². The Balaban J connectivity index is 1.75. The molecule has 1 aromatic rings. The van der Waals surface area contributed by atoms with Crippen LogP contribution in [0.25, 0.3) is 0 Å². The lowest BCUT2D eigenvalue weighted by Crippen LogP contribution is -2.46. The molecule has 0 bridgehead atoms. The van der Waals surface area contributed by atoms with Gasteiger partial charge in [0.1, 0.15) is 0 Å². The van der Waals surface area contributed by atoms with E-state index in [9.17, 15) is 9.59 Å². The molecule has 1 unspecified atom stereocenters. The zero-order valence-electron chi connectivity index (χ0n) is 11.8. The number of hydrogen-bond acceptors (Lipinski definition) is 4. The van der Waals surface area contributed by atoms with Gasteiger partial charge in [-0.15, -0.1) is 0 Å². The number of thioether (sulfide) groups is 1. The van der Waals surface area contributed by atoms with Gasteiger partial charge >= 0.3 is 0 Å². The van der Waals surface area contributed by atoms with Gasteiger partial charge in [-0.05, 0) is 18.6 Å². The van der Waals surface area contributed by atoms with Crippen molar-refractivity contribution < 1.29 is 9.59 Å². The van der Waals surface area contributed by atoms with Crippen molar-refractivity contribution in [2.24, 2.45) is 0 Å².